The van der Waals surface area contributed by atoms with Gasteiger partial charge in [0.05, 0.1) is 10.4 Å². The molecule has 3 heteroatoms. The largest absolute Gasteiger partial charge is 0.399 e. The fourth-order valence-electron chi connectivity index (χ4n) is 1.88. The van der Waals surface area contributed by atoms with E-state index in [9.17, 15) is 0 Å². The van der Waals surface area contributed by atoms with Crippen LogP contribution in [0.2, 0.25) is 0 Å². The molecule has 0 amide bonds. The normalized spacial score (nSPS) is 11.2. The van der Waals surface area contributed by atoms with Crippen molar-refractivity contribution in [3.63, 3.8) is 0 Å². The molecule has 0 saturated heterocycles. The van der Waals surface area contributed by atoms with Gasteiger partial charge in [-0.2, -0.15) is 0 Å². The van der Waals surface area contributed by atoms with Crippen molar-refractivity contribution in [3.05, 3.63) is 36.4 Å². The molecule has 0 aliphatic carbocycles. The van der Waals surface area contributed by atoms with Crippen molar-refractivity contribution in [1.82, 2.24) is 0 Å². The maximum atomic E-state index is 5.95. The van der Waals surface area contributed by atoms with Gasteiger partial charge >= 0.3 is 0 Å². The van der Waals surface area contributed by atoms with Crippen molar-refractivity contribution in [2.45, 2.75) is 0 Å². The Morgan fingerprint density at radius 2 is 1.73 bits per heavy atom. The van der Waals surface area contributed by atoms with Gasteiger partial charge in [-0.15, -0.1) is 11.3 Å². The molecule has 0 aliphatic heterocycles. The van der Waals surface area contributed by atoms with Gasteiger partial charge in [0.1, 0.15) is 0 Å². The Morgan fingerprint density at radius 1 is 0.933 bits per heavy atom. The second-order valence-corrected chi connectivity index (χ2v) is 4.64. The summed E-state index contributed by atoms with van der Waals surface area (Å²) in [7, 11) is 0. The van der Waals surface area contributed by atoms with Gasteiger partial charge in [0.2, 0.25) is 0 Å². The highest BCUT2D eigenvalue weighted by molar-refractivity contribution is 7.26. The number of fused-ring (bicyclic) bond motifs is 3. The first-order valence-electron chi connectivity index (χ1n) is 4.72. The van der Waals surface area contributed by atoms with E-state index in [0.29, 0.717) is 0 Å². The van der Waals surface area contributed by atoms with Gasteiger partial charge in [0.15, 0.2) is 0 Å². The quantitative estimate of drug-likeness (QED) is 0.564. The van der Waals surface area contributed by atoms with E-state index in [-0.39, 0.29) is 0 Å². The topological polar surface area (TPSA) is 52.0 Å². The molecule has 0 aliphatic rings. The number of rotatable bonds is 0. The van der Waals surface area contributed by atoms with Crippen LogP contribution < -0.4 is 11.5 Å². The van der Waals surface area contributed by atoms with E-state index in [4.69, 9.17) is 11.5 Å². The fraction of sp³-hybridized carbons (Fsp3) is 0. The average Bonchev–Trinajstić information content (AvgIpc) is 2.57. The lowest BCUT2D eigenvalue weighted by atomic mass is 10.1. The Hall–Kier alpha value is -1.74. The van der Waals surface area contributed by atoms with Crippen molar-refractivity contribution in [1.29, 1.82) is 0 Å². The number of benzene rings is 2. The summed E-state index contributed by atoms with van der Waals surface area (Å²) in [5, 5.41) is 2.39. The second kappa shape index (κ2) is 2.87. The summed E-state index contributed by atoms with van der Waals surface area (Å²) in [6.07, 6.45) is 0. The Bertz CT molecular complexity index is 655. The van der Waals surface area contributed by atoms with E-state index in [1.54, 1.807) is 11.3 Å². The van der Waals surface area contributed by atoms with E-state index >= 15 is 0 Å². The van der Waals surface area contributed by atoms with Gasteiger partial charge in [-0.3, -0.25) is 0 Å². The van der Waals surface area contributed by atoms with Crippen molar-refractivity contribution < 1.29 is 0 Å². The van der Waals surface area contributed by atoms with E-state index < -0.39 is 0 Å². The zero-order chi connectivity index (χ0) is 10.4. The third-order valence-corrected chi connectivity index (χ3v) is 3.76. The third kappa shape index (κ3) is 1.17. The minimum Gasteiger partial charge on any atom is -0.399 e. The molecule has 1 aromatic heterocycles. The van der Waals surface area contributed by atoms with E-state index in [1.807, 2.05) is 24.3 Å². The molecule has 0 fully saturated rings. The lowest BCUT2D eigenvalue weighted by Crippen LogP contribution is -1.89. The summed E-state index contributed by atoms with van der Waals surface area (Å²) in [5.41, 5.74) is 13.2. The third-order valence-electron chi connectivity index (χ3n) is 2.53. The SMILES string of the molecule is Nc1cc(N)c2sc3ccccc3c2c1. The summed E-state index contributed by atoms with van der Waals surface area (Å²) >= 11 is 1.72. The first-order chi connectivity index (χ1) is 7.25. The number of hydrogen-bond acceptors (Lipinski definition) is 3. The number of thiophene rings is 1. The van der Waals surface area contributed by atoms with Gasteiger partial charge in [0, 0.05) is 21.2 Å². The first kappa shape index (κ1) is 8.56. The molecule has 4 N–H and O–H groups in total. The summed E-state index contributed by atoms with van der Waals surface area (Å²) < 4.78 is 2.38. The van der Waals surface area contributed by atoms with E-state index in [1.165, 1.54) is 10.1 Å². The van der Waals surface area contributed by atoms with Gasteiger partial charge in [-0.25, -0.2) is 0 Å². The molecule has 0 spiro atoms. The van der Waals surface area contributed by atoms with Gasteiger partial charge in [-0.1, -0.05) is 18.2 Å². The molecule has 0 atom stereocenters. The monoisotopic (exact) mass is 214 g/mol. The second-order valence-electron chi connectivity index (χ2n) is 3.59. The molecule has 1 heterocycles. The Labute approximate surface area is 91.1 Å². The molecule has 3 rings (SSSR count). The number of nitrogen functional groups attached to an aromatic ring is 2. The number of hydrogen-bond donors (Lipinski definition) is 2. The maximum Gasteiger partial charge on any atom is 0.0586 e. The molecular weight excluding hydrogens is 204 g/mol. The maximum absolute atomic E-state index is 5.95. The van der Waals surface area contributed by atoms with Crippen LogP contribution in [0.25, 0.3) is 20.2 Å². The smallest absolute Gasteiger partial charge is 0.0586 e. The van der Waals surface area contributed by atoms with E-state index in [0.717, 1.165) is 21.5 Å². The summed E-state index contributed by atoms with van der Waals surface area (Å²) in [6.45, 7) is 0. The Kier molecular flexibility index (Phi) is 1.64. The molecule has 2 nitrogen and oxygen atoms in total. The summed E-state index contributed by atoms with van der Waals surface area (Å²) in [4.78, 5) is 0. The average molecular weight is 214 g/mol. The van der Waals surface area contributed by atoms with Crippen LogP contribution in [0.1, 0.15) is 0 Å². The van der Waals surface area contributed by atoms with Crippen LogP contribution in [0.15, 0.2) is 36.4 Å². The highest BCUT2D eigenvalue weighted by Crippen LogP contribution is 2.38. The van der Waals surface area contributed by atoms with Gasteiger partial charge in [-0.05, 0) is 18.2 Å². The van der Waals surface area contributed by atoms with Crippen molar-refractivity contribution in [2.75, 3.05) is 11.5 Å². The zero-order valence-corrected chi connectivity index (χ0v) is 8.84. The van der Waals surface area contributed by atoms with Crippen molar-refractivity contribution in [2.24, 2.45) is 0 Å². The standard InChI is InChI=1S/C12H10N2S/c13-7-5-9-8-3-1-2-4-11(8)15-12(9)10(14)6-7/h1-6H,13-14H2. The molecule has 3 aromatic rings. The minimum absolute atomic E-state index is 0.726. The molecule has 0 bridgehead atoms. The Balaban J connectivity index is 2.61. The first-order valence-corrected chi connectivity index (χ1v) is 5.53. The molecule has 0 unspecified atom stereocenters. The van der Waals surface area contributed by atoms with Crippen LogP contribution >= 0.6 is 11.3 Å². The van der Waals surface area contributed by atoms with Crippen molar-refractivity contribution in [3.8, 4) is 0 Å². The molecular formula is C12H10N2S. The Morgan fingerprint density at radius 3 is 2.60 bits per heavy atom. The fourth-order valence-corrected chi connectivity index (χ4v) is 2.99. The van der Waals surface area contributed by atoms with Gasteiger partial charge in [0.25, 0.3) is 0 Å². The van der Waals surface area contributed by atoms with Crippen LogP contribution in [-0.2, 0) is 0 Å². The summed E-state index contributed by atoms with van der Waals surface area (Å²) in [6, 6.07) is 12.1. The van der Waals surface area contributed by atoms with E-state index in [2.05, 4.69) is 12.1 Å². The molecule has 15 heavy (non-hydrogen) atoms. The predicted molar refractivity (Wildman–Crippen MR) is 68.2 cm³/mol. The summed E-state index contributed by atoms with van der Waals surface area (Å²) in [5.74, 6) is 0. The zero-order valence-electron chi connectivity index (χ0n) is 8.03. The highest BCUT2D eigenvalue weighted by atomic mass is 32.1. The van der Waals surface area contributed by atoms with Crippen LogP contribution in [0, 0.1) is 0 Å². The molecule has 2 aromatic carbocycles. The van der Waals surface area contributed by atoms with Gasteiger partial charge < -0.3 is 11.5 Å². The lowest BCUT2D eigenvalue weighted by Gasteiger charge is -1.98. The van der Waals surface area contributed by atoms with Crippen LogP contribution in [-0.4, -0.2) is 0 Å². The highest BCUT2D eigenvalue weighted by Gasteiger charge is 2.07. The molecule has 0 radical (unpaired) electrons. The number of anilines is 2. The lowest BCUT2D eigenvalue weighted by molar-refractivity contribution is 1.76. The van der Waals surface area contributed by atoms with Crippen LogP contribution in [0.4, 0.5) is 11.4 Å². The minimum atomic E-state index is 0.726. The molecule has 0 saturated carbocycles. The van der Waals surface area contributed by atoms with Crippen LogP contribution in [0.5, 0.6) is 0 Å². The predicted octanol–water partition coefficient (Wildman–Crippen LogP) is 3.22. The van der Waals surface area contributed by atoms with Crippen molar-refractivity contribution >= 4 is 42.9 Å². The molecule has 74 valence electrons. The van der Waals surface area contributed by atoms with Crippen LogP contribution in [0.3, 0.4) is 0 Å². The number of nitrogens with two attached hydrogens (primary N) is 2.